The Labute approximate surface area is 200 Å². The van der Waals surface area contributed by atoms with E-state index in [0.717, 1.165) is 31.3 Å². The van der Waals surface area contributed by atoms with Gasteiger partial charge >= 0.3 is 5.97 Å². The molecule has 5 atom stereocenters. The second-order valence-corrected chi connectivity index (χ2v) is 9.46. The molecule has 1 aliphatic carbocycles. The van der Waals surface area contributed by atoms with E-state index in [1.54, 1.807) is 23.3 Å². The number of aromatic hydroxyl groups is 1. The summed E-state index contributed by atoms with van der Waals surface area (Å²) in [5.41, 5.74) is 4.43. The molecular weight excluding hydrogens is 412 g/mol. The zero-order valence-electron chi connectivity index (χ0n) is 21.2. The van der Waals surface area contributed by atoms with E-state index >= 15 is 0 Å². The fraction of sp³-hybridized carbons (Fsp3) is 0.552. The number of carbonyl (C=O) groups is 1. The number of phenols is 1. The van der Waals surface area contributed by atoms with Crippen molar-refractivity contribution in [3.05, 3.63) is 65.2 Å². The predicted octanol–water partition coefficient (Wildman–Crippen LogP) is 6.86. The molecule has 182 valence electrons. The molecule has 1 heterocycles. The van der Waals surface area contributed by atoms with Crippen LogP contribution in [-0.4, -0.2) is 30.4 Å². The van der Waals surface area contributed by atoms with Gasteiger partial charge in [-0.25, -0.2) is 0 Å². The topological polar surface area (TPSA) is 59.1 Å². The zero-order valence-corrected chi connectivity index (χ0v) is 21.2. The van der Waals surface area contributed by atoms with Gasteiger partial charge in [0.15, 0.2) is 0 Å². The third kappa shape index (κ3) is 8.85. The Morgan fingerprint density at radius 3 is 2.24 bits per heavy atom. The Hall–Kier alpha value is -2.33. The standard InChI is InChI=1S/C11H14.C10H14O.C8H14O3/c1-8-7-10-5-3-4-6-11(10)9(8)2;1-3-8(2)9-4-6-10(11)7-5-9;1-3-6(2)8(9)11-5-7-4-10-7/h3-6,8-9H,7H2,1-2H3;4-8,11H,3H2,1-2H3;6-7H,3-5H2,1-2H3. The van der Waals surface area contributed by atoms with E-state index < -0.39 is 0 Å². The van der Waals surface area contributed by atoms with E-state index in [9.17, 15) is 4.79 Å². The zero-order chi connectivity index (χ0) is 24.4. The highest BCUT2D eigenvalue weighted by Crippen LogP contribution is 2.36. The van der Waals surface area contributed by atoms with Gasteiger partial charge in [0.05, 0.1) is 12.5 Å². The quantitative estimate of drug-likeness (QED) is 0.382. The van der Waals surface area contributed by atoms with Crippen molar-refractivity contribution in [1.29, 1.82) is 0 Å². The Kier molecular flexibility index (Phi) is 10.9. The number of hydrogen-bond acceptors (Lipinski definition) is 4. The van der Waals surface area contributed by atoms with Gasteiger partial charge in [0.1, 0.15) is 18.5 Å². The average Bonchev–Trinajstić information content (AvgIpc) is 3.62. The van der Waals surface area contributed by atoms with Gasteiger partial charge in [-0.2, -0.15) is 0 Å². The molecule has 2 aliphatic rings. The Morgan fingerprint density at radius 1 is 1.06 bits per heavy atom. The third-order valence-corrected chi connectivity index (χ3v) is 6.84. The first-order chi connectivity index (χ1) is 15.8. The van der Waals surface area contributed by atoms with Crippen molar-refractivity contribution in [2.45, 2.75) is 78.7 Å². The third-order valence-electron chi connectivity index (χ3n) is 6.84. The molecular formula is C29H42O4. The largest absolute Gasteiger partial charge is 0.508 e. The molecule has 5 unspecified atom stereocenters. The normalized spacial score (nSPS) is 21.9. The molecule has 0 spiro atoms. The van der Waals surface area contributed by atoms with Crippen molar-refractivity contribution in [3.63, 3.8) is 0 Å². The fourth-order valence-electron chi connectivity index (χ4n) is 3.68. The van der Waals surface area contributed by atoms with Crippen molar-refractivity contribution in [1.82, 2.24) is 0 Å². The lowest BCUT2D eigenvalue weighted by Crippen LogP contribution is -2.16. The average molecular weight is 455 g/mol. The van der Waals surface area contributed by atoms with Gasteiger partial charge in [-0.05, 0) is 65.8 Å². The second-order valence-electron chi connectivity index (χ2n) is 9.46. The molecule has 33 heavy (non-hydrogen) atoms. The maximum absolute atomic E-state index is 11.0. The first kappa shape index (κ1) is 26.9. The molecule has 1 aliphatic heterocycles. The summed E-state index contributed by atoms with van der Waals surface area (Å²) in [5, 5.41) is 9.01. The fourth-order valence-corrected chi connectivity index (χ4v) is 3.68. The van der Waals surface area contributed by atoms with Crippen LogP contribution in [0.2, 0.25) is 0 Å². The summed E-state index contributed by atoms with van der Waals surface area (Å²) >= 11 is 0. The van der Waals surface area contributed by atoms with Crippen LogP contribution < -0.4 is 0 Å². The molecule has 2 aromatic carbocycles. The molecule has 4 nitrogen and oxygen atoms in total. The van der Waals surface area contributed by atoms with Crippen LogP contribution in [0.15, 0.2) is 48.5 Å². The first-order valence-electron chi connectivity index (χ1n) is 12.4. The molecule has 0 bridgehead atoms. The molecule has 4 heteroatoms. The maximum atomic E-state index is 11.0. The first-order valence-corrected chi connectivity index (χ1v) is 12.4. The van der Waals surface area contributed by atoms with Crippen LogP contribution in [0, 0.1) is 11.8 Å². The van der Waals surface area contributed by atoms with Crippen LogP contribution in [0.25, 0.3) is 0 Å². The smallest absolute Gasteiger partial charge is 0.308 e. The monoisotopic (exact) mass is 454 g/mol. The van der Waals surface area contributed by atoms with Gasteiger partial charge in [0, 0.05) is 0 Å². The molecule has 0 amide bonds. The summed E-state index contributed by atoms with van der Waals surface area (Å²) < 4.78 is 9.85. The van der Waals surface area contributed by atoms with Crippen LogP contribution in [0.3, 0.4) is 0 Å². The molecule has 1 saturated heterocycles. The Balaban J connectivity index is 0.000000175. The summed E-state index contributed by atoms with van der Waals surface area (Å²) in [6, 6.07) is 16.2. The number of fused-ring (bicyclic) bond motifs is 1. The summed E-state index contributed by atoms with van der Waals surface area (Å²) in [5.74, 6) is 2.46. The lowest BCUT2D eigenvalue weighted by atomic mass is 9.97. The highest BCUT2D eigenvalue weighted by Gasteiger charge is 2.25. The number of ether oxygens (including phenoxy) is 2. The Morgan fingerprint density at radius 2 is 1.70 bits per heavy atom. The van der Waals surface area contributed by atoms with Crippen LogP contribution in [-0.2, 0) is 20.7 Å². The molecule has 0 saturated carbocycles. The summed E-state index contributed by atoms with van der Waals surface area (Å²) in [6.07, 6.45) is 3.44. The van der Waals surface area contributed by atoms with Gasteiger partial charge in [-0.1, -0.05) is 77.9 Å². The summed E-state index contributed by atoms with van der Waals surface area (Å²) in [7, 11) is 0. The van der Waals surface area contributed by atoms with Crippen molar-refractivity contribution in [2.24, 2.45) is 11.8 Å². The maximum Gasteiger partial charge on any atom is 0.308 e. The minimum Gasteiger partial charge on any atom is -0.508 e. The molecule has 4 rings (SSSR count). The minimum absolute atomic E-state index is 0.0220. The molecule has 1 N–H and O–H groups in total. The van der Waals surface area contributed by atoms with E-state index in [-0.39, 0.29) is 18.0 Å². The van der Waals surface area contributed by atoms with Gasteiger partial charge in [-0.15, -0.1) is 0 Å². The van der Waals surface area contributed by atoms with Gasteiger partial charge in [0.2, 0.25) is 0 Å². The number of benzene rings is 2. The number of epoxide rings is 1. The van der Waals surface area contributed by atoms with Crippen molar-refractivity contribution < 1.29 is 19.4 Å². The van der Waals surface area contributed by atoms with Crippen LogP contribution >= 0.6 is 0 Å². The van der Waals surface area contributed by atoms with Crippen molar-refractivity contribution in [3.8, 4) is 5.75 Å². The van der Waals surface area contributed by atoms with Crippen LogP contribution in [0.4, 0.5) is 0 Å². The van der Waals surface area contributed by atoms with Crippen molar-refractivity contribution in [2.75, 3.05) is 13.2 Å². The summed E-state index contributed by atoms with van der Waals surface area (Å²) in [6.45, 7) is 14.0. The van der Waals surface area contributed by atoms with Gasteiger partial charge in [-0.3, -0.25) is 4.79 Å². The van der Waals surface area contributed by atoms with E-state index in [1.807, 2.05) is 26.0 Å². The predicted molar refractivity (Wildman–Crippen MR) is 135 cm³/mol. The van der Waals surface area contributed by atoms with Gasteiger partial charge < -0.3 is 14.6 Å². The Bertz CT molecular complexity index is 841. The van der Waals surface area contributed by atoms with Crippen LogP contribution in [0.1, 0.15) is 82.9 Å². The van der Waals surface area contributed by atoms with E-state index in [1.165, 1.54) is 12.0 Å². The second kappa shape index (κ2) is 13.4. The van der Waals surface area contributed by atoms with Gasteiger partial charge in [0.25, 0.3) is 0 Å². The van der Waals surface area contributed by atoms with Crippen LogP contribution in [0.5, 0.6) is 5.75 Å². The van der Waals surface area contributed by atoms with E-state index in [0.29, 0.717) is 18.3 Å². The number of phenolic OH excluding ortho intramolecular Hbond substituents is 1. The minimum atomic E-state index is -0.108. The number of esters is 1. The summed E-state index contributed by atoms with van der Waals surface area (Å²) in [4.78, 5) is 11.0. The number of hydrogen-bond donors (Lipinski definition) is 1. The van der Waals surface area contributed by atoms with Crippen molar-refractivity contribution >= 4 is 5.97 Å². The lowest BCUT2D eigenvalue weighted by Gasteiger charge is -2.08. The molecule has 0 aromatic heterocycles. The SMILES string of the molecule is CC1Cc2ccccc2C1C.CCC(C)C(=O)OCC1CO1.CCC(C)c1ccc(O)cc1. The molecule has 2 aromatic rings. The number of carbonyl (C=O) groups excluding carboxylic acids is 1. The highest BCUT2D eigenvalue weighted by atomic mass is 16.6. The highest BCUT2D eigenvalue weighted by molar-refractivity contribution is 5.71. The van der Waals surface area contributed by atoms with E-state index in [2.05, 4.69) is 52.0 Å². The number of rotatable bonds is 6. The lowest BCUT2D eigenvalue weighted by molar-refractivity contribution is -0.148. The molecule has 0 radical (unpaired) electrons. The molecule has 1 fully saturated rings. The van der Waals surface area contributed by atoms with E-state index in [4.69, 9.17) is 14.6 Å².